The third-order valence-electron chi connectivity index (χ3n) is 2.95. The highest BCUT2D eigenvalue weighted by Gasteiger charge is 2.09. The lowest BCUT2D eigenvalue weighted by Crippen LogP contribution is -1.90. The van der Waals surface area contributed by atoms with E-state index in [-0.39, 0.29) is 11.6 Å². The Hall–Kier alpha value is -2.85. The van der Waals surface area contributed by atoms with E-state index < -0.39 is 0 Å². The standard InChI is InChI=1S/C16H11BrN4O2/c1-10-20-14(8-18)16(22-10)21-19-9-13-6-7-15(23-13)11-2-4-12(17)5-3-11/h2-7,9,21H,1H3/b19-9+. The van der Waals surface area contributed by atoms with Crippen LogP contribution in [0.1, 0.15) is 17.3 Å². The second-order valence-electron chi connectivity index (χ2n) is 4.60. The number of anilines is 1. The molecule has 0 bridgehead atoms. The molecular formula is C16H11BrN4O2. The zero-order chi connectivity index (χ0) is 16.2. The Morgan fingerprint density at radius 3 is 2.74 bits per heavy atom. The maximum Gasteiger partial charge on any atom is 0.252 e. The molecule has 0 radical (unpaired) electrons. The third kappa shape index (κ3) is 3.49. The smallest absolute Gasteiger partial charge is 0.252 e. The molecule has 0 aliphatic rings. The monoisotopic (exact) mass is 370 g/mol. The topological polar surface area (TPSA) is 87.4 Å². The first-order valence-corrected chi connectivity index (χ1v) is 7.47. The van der Waals surface area contributed by atoms with Crippen molar-refractivity contribution >= 4 is 28.0 Å². The molecule has 2 heterocycles. The van der Waals surface area contributed by atoms with Gasteiger partial charge in [-0.3, -0.25) is 0 Å². The zero-order valence-electron chi connectivity index (χ0n) is 12.1. The molecule has 23 heavy (non-hydrogen) atoms. The van der Waals surface area contributed by atoms with E-state index in [2.05, 4.69) is 31.4 Å². The summed E-state index contributed by atoms with van der Waals surface area (Å²) in [5.41, 5.74) is 3.77. The maximum absolute atomic E-state index is 8.91. The van der Waals surface area contributed by atoms with Crippen molar-refractivity contribution in [3.8, 4) is 17.4 Å². The SMILES string of the molecule is Cc1nc(C#N)c(N/N=C/c2ccc(-c3ccc(Br)cc3)o2)o1. The van der Waals surface area contributed by atoms with Crippen molar-refractivity contribution in [1.82, 2.24) is 4.98 Å². The van der Waals surface area contributed by atoms with Crippen LogP contribution in [0, 0.1) is 18.3 Å². The first-order chi connectivity index (χ1) is 11.2. The van der Waals surface area contributed by atoms with E-state index in [1.165, 1.54) is 6.21 Å². The second kappa shape index (κ2) is 6.50. The Morgan fingerprint density at radius 1 is 1.22 bits per heavy atom. The van der Waals surface area contributed by atoms with E-state index in [1.54, 1.807) is 13.0 Å². The van der Waals surface area contributed by atoms with Gasteiger partial charge in [0.2, 0.25) is 5.69 Å². The van der Waals surface area contributed by atoms with Gasteiger partial charge < -0.3 is 8.83 Å². The van der Waals surface area contributed by atoms with E-state index in [0.29, 0.717) is 11.7 Å². The summed E-state index contributed by atoms with van der Waals surface area (Å²) in [6.45, 7) is 1.66. The highest BCUT2D eigenvalue weighted by atomic mass is 79.9. The number of benzene rings is 1. The number of furan rings is 1. The average molecular weight is 371 g/mol. The van der Waals surface area contributed by atoms with Gasteiger partial charge in [0.05, 0.1) is 6.21 Å². The van der Waals surface area contributed by atoms with Gasteiger partial charge in [-0.2, -0.15) is 10.4 Å². The van der Waals surface area contributed by atoms with Gasteiger partial charge in [-0.15, -0.1) is 0 Å². The number of halogens is 1. The number of hydrogen-bond donors (Lipinski definition) is 1. The van der Waals surface area contributed by atoms with Gasteiger partial charge in [-0.05, 0) is 24.3 Å². The molecule has 0 saturated heterocycles. The number of rotatable bonds is 4. The molecule has 7 heteroatoms. The van der Waals surface area contributed by atoms with Crippen LogP contribution in [0.25, 0.3) is 11.3 Å². The normalized spacial score (nSPS) is 10.8. The summed E-state index contributed by atoms with van der Waals surface area (Å²) in [7, 11) is 0. The molecule has 0 spiro atoms. The fourth-order valence-electron chi connectivity index (χ4n) is 1.92. The van der Waals surface area contributed by atoms with Crippen molar-refractivity contribution in [3.05, 3.63) is 58.2 Å². The van der Waals surface area contributed by atoms with Crippen LogP contribution in [0.3, 0.4) is 0 Å². The van der Waals surface area contributed by atoms with E-state index >= 15 is 0 Å². The quantitative estimate of drug-likeness (QED) is 0.545. The van der Waals surface area contributed by atoms with Crippen LogP contribution in [0.4, 0.5) is 5.88 Å². The highest BCUT2D eigenvalue weighted by molar-refractivity contribution is 9.10. The van der Waals surface area contributed by atoms with Crippen LogP contribution in [-0.2, 0) is 0 Å². The first kappa shape index (κ1) is 15.1. The lowest BCUT2D eigenvalue weighted by atomic mass is 10.2. The van der Waals surface area contributed by atoms with Crippen molar-refractivity contribution in [2.75, 3.05) is 5.43 Å². The van der Waals surface area contributed by atoms with Crippen LogP contribution in [-0.4, -0.2) is 11.2 Å². The van der Waals surface area contributed by atoms with E-state index in [9.17, 15) is 0 Å². The number of aryl methyl sites for hydroxylation is 1. The molecule has 1 aromatic carbocycles. The van der Waals surface area contributed by atoms with E-state index in [1.807, 2.05) is 36.4 Å². The molecule has 0 amide bonds. The van der Waals surface area contributed by atoms with Gasteiger partial charge in [-0.25, -0.2) is 10.4 Å². The molecule has 3 aromatic rings. The lowest BCUT2D eigenvalue weighted by Gasteiger charge is -1.96. The number of oxazole rings is 1. The molecule has 3 rings (SSSR count). The molecule has 2 aromatic heterocycles. The molecule has 0 atom stereocenters. The number of nitrogens with one attached hydrogen (secondary N) is 1. The molecule has 0 unspecified atom stereocenters. The minimum absolute atomic E-state index is 0.162. The number of nitrogens with zero attached hydrogens (tertiary/aromatic N) is 3. The molecule has 6 nitrogen and oxygen atoms in total. The van der Waals surface area contributed by atoms with E-state index in [0.717, 1.165) is 15.8 Å². The Kier molecular flexibility index (Phi) is 4.26. The number of aromatic nitrogens is 1. The summed E-state index contributed by atoms with van der Waals surface area (Å²) < 4.78 is 11.9. The summed E-state index contributed by atoms with van der Waals surface area (Å²) in [4.78, 5) is 3.91. The van der Waals surface area contributed by atoms with Gasteiger partial charge in [0.25, 0.3) is 5.88 Å². The van der Waals surface area contributed by atoms with Gasteiger partial charge in [-0.1, -0.05) is 28.1 Å². The molecule has 114 valence electrons. The Balaban J connectivity index is 1.71. The van der Waals surface area contributed by atoms with Crippen LogP contribution in [0.15, 0.2) is 54.8 Å². The summed E-state index contributed by atoms with van der Waals surface area (Å²) in [5.74, 6) is 1.92. The molecule has 1 N–H and O–H groups in total. The summed E-state index contributed by atoms with van der Waals surface area (Å²) >= 11 is 3.40. The highest BCUT2D eigenvalue weighted by Crippen LogP contribution is 2.23. The molecule has 0 fully saturated rings. The molecule has 0 aliphatic carbocycles. The van der Waals surface area contributed by atoms with Gasteiger partial charge in [0, 0.05) is 17.0 Å². The minimum Gasteiger partial charge on any atom is -0.455 e. The Bertz CT molecular complexity index is 888. The first-order valence-electron chi connectivity index (χ1n) is 6.68. The predicted octanol–water partition coefficient (Wildman–Crippen LogP) is 4.32. The number of nitriles is 1. The van der Waals surface area contributed by atoms with Crippen molar-refractivity contribution in [2.24, 2.45) is 5.10 Å². The molecular weight excluding hydrogens is 360 g/mol. The number of hydrazone groups is 1. The van der Waals surface area contributed by atoms with Crippen LogP contribution >= 0.6 is 15.9 Å². The fraction of sp³-hybridized carbons (Fsp3) is 0.0625. The number of hydrogen-bond acceptors (Lipinski definition) is 6. The van der Waals surface area contributed by atoms with Crippen molar-refractivity contribution in [3.63, 3.8) is 0 Å². The minimum atomic E-state index is 0.162. The van der Waals surface area contributed by atoms with Crippen LogP contribution in [0.5, 0.6) is 0 Å². The summed E-state index contributed by atoms with van der Waals surface area (Å²) in [6.07, 6.45) is 1.50. The lowest BCUT2D eigenvalue weighted by molar-refractivity contribution is 0.533. The van der Waals surface area contributed by atoms with Gasteiger partial charge in [0.15, 0.2) is 5.89 Å². The largest absolute Gasteiger partial charge is 0.455 e. The maximum atomic E-state index is 8.91. The third-order valence-corrected chi connectivity index (χ3v) is 3.48. The Morgan fingerprint density at radius 2 is 2.00 bits per heavy atom. The average Bonchev–Trinajstić information content (AvgIpc) is 3.15. The van der Waals surface area contributed by atoms with Crippen molar-refractivity contribution < 1.29 is 8.83 Å². The van der Waals surface area contributed by atoms with Crippen molar-refractivity contribution in [1.29, 1.82) is 5.26 Å². The van der Waals surface area contributed by atoms with Crippen molar-refractivity contribution in [2.45, 2.75) is 6.92 Å². The van der Waals surface area contributed by atoms with Gasteiger partial charge in [0.1, 0.15) is 17.6 Å². The van der Waals surface area contributed by atoms with E-state index in [4.69, 9.17) is 14.1 Å². The second-order valence-corrected chi connectivity index (χ2v) is 5.52. The van der Waals surface area contributed by atoms with Crippen LogP contribution < -0.4 is 5.43 Å². The predicted molar refractivity (Wildman–Crippen MR) is 89.0 cm³/mol. The zero-order valence-corrected chi connectivity index (χ0v) is 13.7. The van der Waals surface area contributed by atoms with Crippen LogP contribution in [0.2, 0.25) is 0 Å². The summed E-state index contributed by atoms with van der Waals surface area (Å²) in [6, 6.07) is 13.4. The summed E-state index contributed by atoms with van der Waals surface area (Å²) in [5, 5.41) is 12.9. The Labute approximate surface area is 140 Å². The molecule has 0 saturated carbocycles. The molecule has 0 aliphatic heterocycles. The fourth-order valence-corrected chi connectivity index (χ4v) is 2.19. The van der Waals surface area contributed by atoms with Gasteiger partial charge >= 0.3 is 0 Å².